The van der Waals surface area contributed by atoms with E-state index in [9.17, 15) is 0 Å². The first-order valence-electron chi connectivity index (χ1n) is 4.99. The van der Waals surface area contributed by atoms with Crippen molar-refractivity contribution in [2.45, 2.75) is 25.9 Å². The second kappa shape index (κ2) is 4.06. The van der Waals surface area contributed by atoms with E-state index in [-0.39, 0.29) is 6.04 Å². The van der Waals surface area contributed by atoms with Crippen LogP contribution in [0, 0.1) is 0 Å². The van der Waals surface area contributed by atoms with Crippen molar-refractivity contribution in [3.8, 4) is 0 Å². The van der Waals surface area contributed by atoms with Crippen LogP contribution in [0.25, 0.3) is 0 Å². The zero-order valence-corrected chi connectivity index (χ0v) is 8.60. The summed E-state index contributed by atoms with van der Waals surface area (Å²) in [6, 6.07) is 0.532. The quantitative estimate of drug-likeness (QED) is 0.749. The first-order valence-corrected chi connectivity index (χ1v) is 4.99. The largest absolute Gasteiger partial charge is 0.378 e. The van der Waals surface area contributed by atoms with E-state index in [1.165, 1.54) is 0 Å². The van der Waals surface area contributed by atoms with Crippen LogP contribution in [0.3, 0.4) is 0 Å². The molecule has 0 radical (unpaired) electrons. The summed E-state index contributed by atoms with van der Waals surface area (Å²) in [4.78, 5) is 4.27. The zero-order chi connectivity index (χ0) is 9.97. The van der Waals surface area contributed by atoms with Gasteiger partial charge in [0.15, 0.2) is 0 Å². The highest BCUT2D eigenvalue weighted by Gasteiger charge is 2.21. The summed E-state index contributed by atoms with van der Waals surface area (Å²) >= 11 is 0. The maximum Gasteiger partial charge on any atom is 0.146 e. The third-order valence-corrected chi connectivity index (χ3v) is 2.32. The van der Waals surface area contributed by atoms with Crippen molar-refractivity contribution in [2.24, 2.45) is 0 Å². The van der Waals surface area contributed by atoms with Gasteiger partial charge in [-0.15, -0.1) is 0 Å². The summed E-state index contributed by atoms with van der Waals surface area (Å²) in [6.45, 7) is 6.55. The van der Waals surface area contributed by atoms with E-state index in [0.29, 0.717) is 12.6 Å². The number of nitrogens with zero attached hydrogens (tertiary/aromatic N) is 3. The molecule has 0 saturated carbocycles. The van der Waals surface area contributed by atoms with Crippen LogP contribution in [-0.4, -0.2) is 34.5 Å². The summed E-state index contributed by atoms with van der Waals surface area (Å²) in [5.41, 5.74) is 0. The molecular weight excluding hydrogens is 180 g/mol. The average Bonchev–Trinajstić information content (AvgIpc) is 2.67. The van der Waals surface area contributed by atoms with Crippen molar-refractivity contribution in [3.63, 3.8) is 0 Å². The Hall–Kier alpha value is -0.940. The molecule has 5 nitrogen and oxygen atoms in total. The molecule has 1 atom stereocenters. The van der Waals surface area contributed by atoms with E-state index in [1.54, 1.807) is 6.33 Å². The third-order valence-electron chi connectivity index (χ3n) is 2.32. The highest BCUT2D eigenvalue weighted by atomic mass is 16.5. The highest BCUT2D eigenvalue weighted by molar-refractivity contribution is 4.96. The van der Waals surface area contributed by atoms with Gasteiger partial charge in [-0.3, -0.25) is 0 Å². The minimum atomic E-state index is 0.189. The molecule has 1 fully saturated rings. The molecule has 1 aromatic rings. The molecule has 0 aromatic carbocycles. The Kier molecular flexibility index (Phi) is 2.79. The smallest absolute Gasteiger partial charge is 0.146 e. The van der Waals surface area contributed by atoms with E-state index >= 15 is 0 Å². The Balaban J connectivity index is 2.17. The van der Waals surface area contributed by atoms with Crippen molar-refractivity contribution in [1.82, 2.24) is 20.1 Å². The summed E-state index contributed by atoms with van der Waals surface area (Å²) in [5, 5.41) is 7.57. The van der Waals surface area contributed by atoms with Gasteiger partial charge in [0.25, 0.3) is 0 Å². The molecule has 1 aliphatic rings. The first-order chi connectivity index (χ1) is 6.79. The summed E-state index contributed by atoms with van der Waals surface area (Å²) < 4.78 is 7.33. The topological polar surface area (TPSA) is 52.0 Å². The number of aromatic nitrogens is 3. The zero-order valence-electron chi connectivity index (χ0n) is 8.60. The van der Waals surface area contributed by atoms with Crippen LogP contribution in [0.1, 0.15) is 31.8 Å². The molecule has 14 heavy (non-hydrogen) atoms. The first kappa shape index (κ1) is 9.61. The molecule has 2 rings (SSSR count). The summed E-state index contributed by atoms with van der Waals surface area (Å²) in [5.74, 6) is 0.972. The predicted octanol–water partition coefficient (Wildman–Crippen LogP) is 0.520. The fraction of sp³-hybridized carbons (Fsp3) is 0.778. The van der Waals surface area contributed by atoms with E-state index in [1.807, 2.05) is 4.68 Å². The lowest BCUT2D eigenvalue weighted by molar-refractivity contribution is 0.0723. The minimum Gasteiger partial charge on any atom is -0.378 e. The maximum absolute atomic E-state index is 5.40. The number of ether oxygens (including phenoxy) is 1. The Morgan fingerprint density at radius 3 is 3.14 bits per heavy atom. The normalized spacial score (nSPS) is 22.9. The second-order valence-electron chi connectivity index (χ2n) is 3.74. The number of hydrogen-bond acceptors (Lipinski definition) is 4. The van der Waals surface area contributed by atoms with E-state index in [0.717, 1.165) is 19.0 Å². The molecule has 1 aliphatic heterocycles. The lowest BCUT2D eigenvalue weighted by Gasteiger charge is -2.24. The Morgan fingerprint density at radius 2 is 2.50 bits per heavy atom. The number of morpholine rings is 1. The second-order valence-corrected chi connectivity index (χ2v) is 3.74. The van der Waals surface area contributed by atoms with Gasteiger partial charge in [-0.2, -0.15) is 5.10 Å². The van der Waals surface area contributed by atoms with Crippen LogP contribution in [0.15, 0.2) is 6.33 Å². The third kappa shape index (κ3) is 1.78. The van der Waals surface area contributed by atoms with Crippen LogP contribution in [0.5, 0.6) is 0 Å². The summed E-state index contributed by atoms with van der Waals surface area (Å²) in [6.07, 6.45) is 1.60. The van der Waals surface area contributed by atoms with Gasteiger partial charge in [0.1, 0.15) is 12.2 Å². The SMILES string of the molecule is CC(C)n1ncnc1C1COCCN1. The predicted molar refractivity (Wildman–Crippen MR) is 52.0 cm³/mol. The van der Waals surface area contributed by atoms with E-state index in [4.69, 9.17) is 4.74 Å². The Labute approximate surface area is 83.5 Å². The number of nitrogens with one attached hydrogen (secondary N) is 1. The van der Waals surface area contributed by atoms with Crippen LogP contribution >= 0.6 is 0 Å². The fourth-order valence-electron chi connectivity index (χ4n) is 1.64. The Morgan fingerprint density at radius 1 is 1.64 bits per heavy atom. The van der Waals surface area contributed by atoms with Gasteiger partial charge in [0, 0.05) is 12.6 Å². The van der Waals surface area contributed by atoms with Gasteiger partial charge in [-0.05, 0) is 13.8 Å². The minimum absolute atomic E-state index is 0.189. The lowest BCUT2D eigenvalue weighted by Crippen LogP contribution is -2.36. The molecule has 1 saturated heterocycles. The van der Waals surface area contributed by atoms with Crippen LogP contribution < -0.4 is 5.32 Å². The molecule has 1 unspecified atom stereocenters. The number of rotatable bonds is 2. The standard InChI is InChI=1S/C9H16N4O/c1-7(2)13-9(11-6-12-13)8-5-14-4-3-10-8/h6-8,10H,3-5H2,1-2H3. The van der Waals surface area contributed by atoms with Crippen LogP contribution in [0.4, 0.5) is 0 Å². The molecule has 2 heterocycles. The van der Waals surface area contributed by atoms with Gasteiger partial charge < -0.3 is 10.1 Å². The molecule has 0 amide bonds. The van der Waals surface area contributed by atoms with Crippen molar-refractivity contribution >= 4 is 0 Å². The van der Waals surface area contributed by atoms with Gasteiger partial charge in [0.2, 0.25) is 0 Å². The van der Waals surface area contributed by atoms with Crippen LogP contribution in [-0.2, 0) is 4.74 Å². The fourth-order valence-corrected chi connectivity index (χ4v) is 1.64. The Bertz CT molecular complexity index is 291. The van der Waals surface area contributed by atoms with Crippen molar-refractivity contribution < 1.29 is 4.74 Å². The highest BCUT2D eigenvalue weighted by Crippen LogP contribution is 2.15. The monoisotopic (exact) mass is 196 g/mol. The lowest BCUT2D eigenvalue weighted by atomic mass is 10.2. The van der Waals surface area contributed by atoms with E-state index in [2.05, 4.69) is 29.2 Å². The molecule has 0 bridgehead atoms. The van der Waals surface area contributed by atoms with E-state index < -0.39 is 0 Å². The van der Waals surface area contributed by atoms with Gasteiger partial charge in [0.05, 0.1) is 19.3 Å². The van der Waals surface area contributed by atoms with Gasteiger partial charge in [-0.1, -0.05) is 0 Å². The van der Waals surface area contributed by atoms with Gasteiger partial charge >= 0.3 is 0 Å². The maximum atomic E-state index is 5.40. The molecule has 0 spiro atoms. The van der Waals surface area contributed by atoms with Crippen molar-refractivity contribution in [2.75, 3.05) is 19.8 Å². The molecule has 1 N–H and O–H groups in total. The van der Waals surface area contributed by atoms with Crippen molar-refractivity contribution in [3.05, 3.63) is 12.2 Å². The molecular formula is C9H16N4O. The van der Waals surface area contributed by atoms with Crippen LogP contribution in [0.2, 0.25) is 0 Å². The molecule has 78 valence electrons. The molecule has 5 heteroatoms. The van der Waals surface area contributed by atoms with Crippen molar-refractivity contribution in [1.29, 1.82) is 0 Å². The van der Waals surface area contributed by atoms with Gasteiger partial charge in [-0.25, -0.2) is 9.67 Å². The number of hydrogen-bond donors (Lipinski definition) is 1. The molecule has 1 aromatic heterocycles. The summed E-state index contributed by atoms with van der Waals surface area (Å²) in [7, 11) is 0. The molecule has 0 aliphatic carbocycles. The average molecular weight is 196 g/mol.